The lowest BCUT2D eigenvalue weighted by atomic mass is 10.1. The van der Waals surface area contributed by atoms with Gasteiger partial charge in [-0.1, -0.05) is 49.7 Å². The van der Waals surface area contributed by atoms with Crippen molar-refractivity contribution in [2.45, 2.75) is 72.0 Å². The lowest BCUT2D eigenvalue weighted by molar-refractivity contribution is -0.136. The highest BCUT2D eigenvalue weighted by Gasteiger charge is 2.25. The van der Waals surface area contributed by atoms with Crippen LogP contribution in [0.1, 0.15) is 51.9 Å². The average molecular weight is 483 g/mol. The van der Waals surface area contributed by atoms with Gasteiger partial charge in [0.25, 0.3) is 0 Å². The average Bonchev–Trinajstić information content (AvgIpc) is 3.17. The summed E-state index contributed by atoms with van der Waals surface area (Å²) >= 11 is 5.92. The summed E-state index contributed by atoms with van der Waals surface area (Å²) in [5.41, 5.74) is 2.71. The van der Waals surface area contributed by atoms with Crippen LogP contribution in [0.15, 0.2) is 48.5 Å². The lowest BCUT2D eigenvalue weighted by Gasteiger charge is -2.34. The second-order valence-electron chi connectivity index (χ2n) is 8.82. The van der Waals surface area contributed by atoms with Crippen LogP contribution in [-0.4, -0.2) is 44.9 Å². The molecule has 2 aromatic carbocycles. The Hall–Kier alpha value is -2.86. The summed E-state index contributed by atoms with van der Waals surface area (Å²) in [6.45, 7) is 9.12. The maximum absolute atomic E-state index is 13.4. The fourth-order valence-electron chi connectivity index (χ4n) is 4.19. The number of halogens is 1. The predicted octanol–water partition coefficient (Wildman–Crippen LogP) is 5.02. The first-order valence-electron chi connectivity index (χ1n) is 12.1. The van der Waals surface area contributed by atoms with E-state index in [0.717, 1.165) is 35.3 Å². The molecule has 2 atom stereocenters. The van der Waals surface area contributed by atoms with E-state index in [2.05, 4.69) is 33.0 Å². The van der Waals surface area contributed by atoms with Gasteiger partial charge >= 0.3 is 0 Å². The largest absolute Gasteiger partial charge is 0.355 e. The Bertz CT molecular complexity index is 1100. The molecule has 34 heavy (non-hydrogen) atoms. The van der Waals surface area contributed by atoms with Crippen molar-refractivity contribution < 1.29 is 9.59 Å². The SMILES string of the molecule is CCC(C)N(C(=O)Cn1c(CCNC(=O)Cc2ccc(Cl)cc2)nc2ccccc21)C(C)CC. The zero-order valence-corrected chi connectivity index (χ0v) is 21.3. The molecule has 0 saturated carbocycles. The number of carbonyl (C=O) groups excluding carboxylic acids is 2. The van der Waals surface area contributed by atoms with E-state index in [1.807, 2.05) is 45.9 Å². The molecule has 3 aromatic rings. The number of nitrogens with zero attached hydrogens (tertiary/aromatic N) is 3. The van der Waals surface area contributed by atoms with Crippen molar-refractivity contribution >= 4 is 34.4 Å². The van der Waals surface area contributed by atoms with Crippen molar-refractivity contribution in [3.8, 4) is 0 Å². The van der Waals surface area contributed by atoms with E-state index in [0.29, 0.717) is 24.4 Å². The Kier molecular flexibility index (Phi) is 9.11. The summed E-state index contributed by atoms with van der Waals surface area (Å²) in [7, 11) is 0. The highest BCUT2D eigenvalue weighted by molar-refractivity contribution is 6.30. The smallest absolute Gasteiger partial charge is 0.243 e. The normalized spacial score (nSPS) is 13.0. The van der Waals surface area contributed by atoms with Gasteiger partial charge in [-0.25, -0.2) is 4.98 Å². The Balaban J connectivity index is 1.72. The van der Waals surface area contributed by atoms with Gasteiger partial charge in [-0.3, -0.25) is 9.59 Å². The number of hydrogen-bond donors (Lipinski definition) is 1. The van der Waals surface area contributed by atoms with Crippen LogP contribution in [-0.2, 0) is 29.0 Å². The van der Waals surface area contributed by atoms with Crippen LogP contribution in [0.25, 0.3) is 11.0 Å². The van der Waals surface area contributed by atoms with Crippen molar-refractivity contribution in [3.05, 3.63) is 64.9 Å². The van der Waals surface area contributed by atoms with Crippen LogP contribution in [0.3, 0.4) is 0 Å². The van der Waals surface area contributed by atoms with Gasteiger partial charge in [0.15, 0.2) is 0 Å². The summed E-state index contributed by atoms with van der Waals surface area (Å²) < 4.78 is 2.00. The highest BCUT2D eigenvalue weighted by atomic mass is 35.5. The fraction of sp³-hybridized carbons (Fsp3) is 0.444. The minimum absolute atomic E-state index is 0.0548. The quantitative estimate of drug-likeness (QED) is 0.417. The van der Waals surface area contributed by atoms with Gasteiger partial charge in [0, 0.05) is 30.1 Å². The number of aromatic nitrogens is 2. The van der Waals surface area contributed by atoms with Crippen molar-refractivity contribution in [2.24, 2.45) is 0 Å². The van der Waals surface area contributed by atoms with Gasteiger partial charge in [0.05, 0.1) is 17.5 Å². The van der Waals surface area contributed by atoms with E-state index in [-0.39, 0.29) is 30.4 Å². The number of rotatable bonds is 11. The van der Waals surface area contributed by atoms with E-state index >= 15 is 0 Å². The third-order valence-corrected chi connectivity index (χ3v) is 6.65. The Morgan fingerprint density at radius 1 is 1.03 bits per heavy atom. The number of imidazole rings is 1. The second kappa shape index (κ2) is 12.0. The lowest BCUT2D eigenvalue weighted by Crippen LogP contribution is -2.46. The molecule has 1 aromatic heterocycles. The van der Waals surface area contributed by atoms with E-state index in [4.69, 9.17) is 16.6 Å². The van der Waals surface area contributed by atoms with Crippen molar-refractivity contribution in [1.82, 2.24) is 19.8 Å². The van der Waals surface area contributed by atoms with Crippen molar-refractivity contribution in [3.63, 3.8) is 0 Å². The minimum Gasteiger partial charge on any atom is -0.355 e. The van der Waals surface area contributed by atoms with E-state index in [9.17, 15) is 9.59 Å². The third kappa shape index (κ3) is 6.38. The molecule has 0 aliphatic carbocycles. The molecule has 2 unspecified atom stereocenters. The molecule has 0 bridgehead atoms. The maximum Gasteiger partial charge on any atom is 0.243 e. The first-order valence-corrected chi connectivity index (χ1v) is 12.5. The number of carbonyl (C=O) groups is 2. The summed E-state index contributed by atoms with van der Waals surface area (Å²) in [4.78, 5) is 32.6. The van der Waals surface area contributed by atoms with Gasteiger partial charge in [-0.2, -0.15) is 0 Å². The molecule has 1 heterocycles. The zero-order chi connectivity index (χ0) is 24.7. The number of hydrogen-bond acceptors (Lipinski definition) is 3. The summed E-state index contributed by atoms with van der Waals surface area (Å²) in [6, 6.07) is 15.5. The molecule has 0 aliphatic rings. The Labute approximate surface area is 207 Å². The second-order valence-corrected chi connectivity index (χ2v) is 9.26. The summed E-state index contributed by atoms with van der Waals surface area (Å²) in [5, 5.41) is 3.63. The van der Waals surface area contributed by atoms with Crippen LogP contribution in [0.5, 0.6) is 0 Å². The van der Waals surface area contributed by atoms with Crippen molar-refractivity contribution in [1.29, 1.82) is 0 Å². The number of nitrogens with one attached hydrogen (secondary N) is 1. The van der Waals surface area contributed by atoms with Gasteiger partial charge in [-0.15, -0.1) is 0 Å². The first kappa shape index (κ1) is 25.8. The van der Waals surface area contributed by atoms with Crippen LogP contribution in [0, 0.1) is 0 Å². The van der Waals surface area contributed by atoms with Crippen molar-refractivity contribution in [2.75, 3.05) is 6.54 Å². The van der Waals surface area contributed by atoms with Gasteiger partial charge in [-0.05, 0) is 56.5 Å². The molecule has 182 valence electrons. The topological polar surface area (TPSA) is 67.2 Å². The number of fused-ring (bicyclic) bond motifs is 1. The van der Waals surface area contributed by atoms with Crippen LogP contribution in [0.4, 0.5) is 0 Å². The first-order chi connectivity index (χ1) is 16.3. The molecular weight excluding hydrogens is 448 g/mol. The molecule has 1 N–H and O–H groups in total. The van der Waals surface area contributed by atoms with E-state index < -0.39 is 0 Å². The third-order valence-electron chi connectivity index (χ3n) is 6.40. The summed E-state index contributed by atoms with van der Waals surface area (Å²) in [6.07, 6.45) is 2.66. The standard InChI is InChI=1S/C27H35ClN4O2/c1-5-19(3)32(20(4)6-2)27(34)18-31-24-10-8-7-9-23(24)30-25(31)15-16-29-26(33)17-21-11-13-22(28)14-12-21/h7-14,19-20H,5-6,15-18H2,1-4H3,(H,29,33). The van der Waals surface area contributed by atoms with Crippen LogP contribution < -0.4 is 5.32 Å². The van der Waals surface area contributed by atoms with E-state index in [1.165, 1.54) is 0 Å². The van der Waals surface area contributed by atoms with Gasteiger partial charge in [0.1, 0.15) is 12.4 Å². The fourth-order valence-corrected chi connectivity index (χ4v) is 4.32. The molecule has 7 heteroatoms. The zero-order valence-electron chi connectivity index (χ0n) is 20.6. The van der Waals surface area contributed by atoms with Crippen LogP contribution >= 0.6 is 11.6 Å². The molecule has 2 amide bonds. The monoisotopic (exact) mass is 482 g/mol. The number of amides is 2. The summed E-state index contributed by atoms with van der Waals surface area (Å²) in [5.74, 6) is 0.843. The molecule has 0 fully saturated rings. The number of para-hydroxylation sites is 2. The molecule has 3 rings (SSSR count). The molecule has 0 radical (unpaired) electrons. The van der Waals surface area contributed by atoms with Crippen LogP contribution in [0.2, 0.25) is 5.02 Å². The molecule has 0 aliphatic heterocycles. The van der Waals surface area contributed by atoms with Gasteiger partial charge < -0.3 is 14.8 Å². The Morgan fingerprint density at radius 2 is 1.68 bits per heavy atom. The predicted molar refractivity (Wildman–Crippen MR) is 138 cm³/mol. The maximum atomic E-state index is 13.4. The molecule has 0 saturated heterocycles. The van der Waals surface area contributed by atoms with E-state index in [1.54, 1.807) is 12.1 Å². The highest BCUT2D eigenvalue weighted by Crippen LogP contribution is 2.19. The molecule has 6 nitrogen and oxygen atoms in total. The Morgan fingerprint density at radius 3 is 2.32 bits per heavy atom. The minimum atomic E-state index is -0.0548. The van der Waals surface area contributed by atoms with Gasteiger partial charge in [0.2, 0.25) is 11.8 Å². The number of benzene rings is 2. The molecule has 0 spiro atoms. The molecular formula is C27H35ClN4O2.